The molecule has 1 atom stereocenters. The van der Waals surface area contributed by atoms with Crippen molar-refractivity contribution in [2.45, 2.75) is 38.4 Å². The van der Waals surface area contributed by atoms with Gasteiger partial charge in [-0.05, 0) is 43.1 Å². The molecule has 0 spiro atoms. The highest BCUT2D eigenvalue weighted by molar-refractivity contribution is 6.05. The van der Waals surface area contributed by atoms with Gasteiger partial charge in [0.2, 0.25) is 11.8 Å². The third-order valence-corrected chi connectivity index (χ3v) is 5.95. The molecule has 1 aromatic carbocycles. The molecule has 4 rings (SSSR count). The van der Waals surface area contributed by atoms with Crippen LogP contribution in [-0.4, -0.2) is 72.8 Å². The molecule has 0 aromatic heterocycles. The summed E-state index contributed by atoms with van der Waals surface area (Å²) in [6.07, 6.45) is 1.87. The normalized spacial score (nSPS) is 23.1. The molecule has 3 aliphatic heterocycles. The summed E-state index contributed by atoms with van der Waals surface area (Å²) in [5.74, 6) is -0.753. The van der Waals surface area contributed by atoms with Crippen molar-refractivity contribution in [1.82, 2.24) is 25.8 Å². The molecule has 2 fully saturated rings. The highest BCUT2D eigenvalue weighted by Crippen LogP contribution is 2.28. The molecule has 3 heterocycles. The van der Waals surface area contributed by atoms with Crippen LogP contribution in [0.2, 0.25) is 0 Å². The van der Waals surface area contributed by atoms with Crippen LogP contribution in [0, 0.1) is 0 Å². The number of hydrogen-bond acceptors (Lipinski definition) is 6. The minimum atomic E-state index is -0.558. The number of rotatable bonds is 6. The monoisotopic (exact) mass is 399 g/mol. The second-order valence-electron chi connectivity index (χ2n) is 8.01. The van der Waals surface area contributed by atoms with E-state index < -0.39 is 6.04 Å². The van der Waals surface area contributed by atoms with E-state index in [0.717, 1.165) is 56.9 Å². The number of fused-ring (bicyclic) bond motifs is 1. The summed E-state index contributed by atoms with van der Waals surface area (Å²) in [5.41, 5.74) is 2.76. The van der Waals surface area contributed by atoms with Gasteiger partial charge >= 0.3 is 0 Å². The zero-order valence-electron chi connectivity index (χ0n) is 16.7. The van der Waals surface area contributed by atoms with Gasteiger partial charge in [0.05, 0.1) is 0 Å². The molecule has 2 saturated heterocycles. The molecule has 0 radical (unpaired) electrons. The van der Waals surface area contributed by atoms with Gasteiger partial charge in [-0.3, -0.25) is 19.7 Å². The fourth-order valence-electron chi connectivity index (χ4n) is 4.33. The average molecular weight is 399 g/mol. The highest BCUT2D eigenvalue weighted by atomic mass is 16.2. The second kappa shape index (κ2) is 9.02. The Morgan fingerprint density at radius 2 is 2.03 bits per heavy atom. The molecule has 29 heavy (non-hydrogen) atoms. The number of imide groups is 1. The Kier molecular flexibility index (Phi) is 6.22. The van der Waals surface area contributed by atoms with Gasteiger partial charge in [-0.2, -0.15) is 0 Å². The lowest BCUT2D eigenvalue weighted by atomic mass is 10.0. The molecule has 156 valence electrons. The lowest BCUT2D eigenvalue weighted by Crippen LogP contribution is -2.52. The summed E-state index contributed by atoms with van der Waals surface area (Å²) in [5, 5.41) is 9.25. The van der Waals surface area contributed by atoms with Crippen molar-refractivity contribution in [3.05, 3.63) is 34.9 Å². The van der Waals surface area contributed by atoms with Crippen molar-refractivity contribution in [2.75, 3.05) is 39.3 Å². The summed E-state index contributed by atoms with van der Waals surface area (Å²) < 4.78 is 0. The number of benzene rings is 1. The number of hydrogen-bond donors (Lipinski definition) is 3. The SMILES string of the molecule is O=C1CCC(N2Cc3cc(CNCCN4CCCNCC4)ccc3C2=O)C(=O)N1. The number of carbonyl (C=O) groups is 3. The van der Waals surface area contributed by atoms with Crippen molar-refractivity contribution >= 4 is 17.7 Å². The number of nitrogens with one attached hydrogen (secondary N) is 3. The van der Waals surface area contributed by atoms with Gasteiger partial charge in [-0.1, -0.05) is 12.1 Å². The van der Waals surface area contributed by atoms with Crippen LogP contribution in [0.4, 0.5) is 0 Å². The number of amides is 3. The van der Waals surface area contributed by atoms with Crippen molar-refractivity contribution in [3.63, 3.8) is 0 Å². The van der Waals surface area contributed by atoms with Gasteiger partial charge in [0.1, 0.15) is 6.04 Å². The Morgan fingerprint density at radius 3 is 2.90 bits per heavy atom. The largest absolute Gasteiger partial charge is 0.322 e. The quantitative estimate of drug-likeness (QED) is 0.454. The predicted octanol–water partition coefficient (Wildman–Crippen LogP) is -0.167. The smallest absolute Gasteiger partial charge is 0.255 e. The van der Waals surface area contributed by atoms with E-state index >= 15 is 0 Å². The molecule has 3 aliphatic rings. The van der Waals surface area contributed by atoms with Gasteiger partial charge in [-0.15, -0.1) is 0 Å². The summed E-state index contributed by atoms with van der Waals surface area (Å²) in [6.45, 7) is 7.55. The molecular formula is C21H29N5O3. The topological polar surface area (TPSA) is 93.8 Å². The molecule has 3 N–H and O–H groups in total. The van der Waals surface area contributed by atoms with E-state index in [1.807, 2.05) is 12.1 Å². The van der Waals surface area contributed by atoms with Crippen molar-refractivity contribution < 1.29 is 14.4 Å². The standard InChI is InChI=1S/C21H29N5O3/c27-19-5-4-18(20(28)24-19)26-14-16-12-15(2-3-17(16)21(26)29)13-23-8-11-25-9-1-6-22-7-10-25/h2-3,12,18,22-23H,1,4-11,13-14H2,(H,24,27,28). The molecular weight excluding hydrogens is 370 g/mol. The summed E-state index contributed by atoms with van der Waals surface area (Å²) in [4.78, 5) is 40.3. The molecule has 3 amide bonds. The van der Waals surface area contributed by atoms with E-state index in [1.54, 1.807) is 4.90 Å². The van der Waals surface area contributed by atoms with Crippen LogP contribution in [0.25, 0.3) is 0 Å². The van der Waals surface area contributed by atoms with Crippen LogP contribution in [0.3, 0.4) is 0 Å². The number of nitrogens with zero attached hydrogens (tertiary/aromatic N) is 2. The Balaban J connectivity index is 1.30. The maximum atomic E-state index is 12.7. The third-order valence-electron chi connectivity index (χ3n) is 5.95. The van der Waals surface area contributed by atoms with Gasteiger partial charge in [0.25, 0.3) is 5.91 Å². The lowest BCUT2D eigenvalue weighted by molar-refractivity contribution is -0.136. The summed E-state index contributed by atoms with van der Waals surface area (Å²) >= 11 is 0. The summed E-state index contributed by atoms with van der Waals surface area (Å²) in [6, 6.07) is 5.34. The minimum absolute atomic E-state index is 0.121. The molecule has 0 aliphatic carbocycles. The van der Waals surface area contributed by atoms with Gasteiger partial charge in [0, 0.05) is 51.3 Å². The van der Waals surface area contributed by atoms with E-state index in [1.165, 1.54) is 6.42 Å². The first kappa shape index (κ1) is 20.0. The zero-order valence-corrected chi connectivity index (χ0v) is 16.7. The van der Waals surface area contributed by atoms with E-state index in [9.17, 15) is 14.4 Å². The van der Waals surface area contributed by atoms with Crippen LogP contribution in [0.15, 0.2) is 18.2 Å². The Labute approximate surface area is 171 Å². The van der Waals surface area contributed by atoms with Gasteiger partial charge in [0.15, 0.2) is 0 Å². The van der Waals surface area contributed by atoms with Gasteiger partial charge < -0.3 is 20.4 Å². The molecule has 1 aromatic rings. The number of piperidine rings is 1. The van der Waals surface area contributed by atoms with E-state index in [-0.39, 0.29) is 24.1 Å². The van der Waals surface area contributed by atoms with E-state index in [0.29, 0.717) is 18.5 Å². The number of carbonyl (C=O) groups excluding carboxylic acids is 3. The fraction of sp³-hybridized carbons (Fsp3) is 0.571. The lowest BCUT2D eigenvalue weighted by Gasteiger charge is -2.29. The van der Waals surface area contributed by atoms with Crippen LogP contribution >= 0.6 is 0 Å². The summed E-state index contributed by atoms with van der Waals surface area (Å²) in [7, 11) is 0. The van der Waals surface area contributed by atoms with Crippen molar-refractivity contribution in [3.8, 4) is 0 Å². The second-order valence-corrected chi connectivity index (χ2v) is 8.01. The molecule has 1 unspecified atom stereocenters. The first-order chi connectivity index (χ1) is 14.1. The van der Waals surface area contributed by atoms with Crippen LogP contribution < -0.4 is 16.0 Å². The molecule has 0 bridgehead atoms. The maximum absolute atomic E-state index is 12.7. The van der Waals surface area contributed by atoms with Crippen LogP contribution in [-0.2, 0) is 22.7 Å². The average Bonchev–Trinajstić information content (AvgIpc) is 2.87. The molecule has 8 nitrogen and oxygen atoms in total. The Bertz CT molecular complexity index is 789. The first-order valence-corrected chi connectivity index (χ1v) is 10.5. The zero-order chi connectivity index (χ0) is 20.2. The van der Waals surface area contributed by atoms with E-state index in [2.05, 4.69) is 26.9 Å². The maximum Gasteiger partial charge on any atom is 0.255 e. The van der Waals surface area contributed by atoms with Crippen LogP contribution in [0.5, 0.6) is 0 Å². The predicted molar refractivity (Wildman–Crippen MR) is 108 cm³/mol. The van der Waals surface area contributed by atoms with Crippen molar-refractivity contribution in [2.24, 2.45) is 0 Å². The third kappa shape index (κ3) is 4.66. The fourth-order valence-corrected chi connectivity index (χ4v) is 4.33. The van der Waals surface area contributed by atoms with Gasteiger partial charge in [-0.25, -0.2) is 0 Å². The molecule has 8 heteroatoms. The first-order valence-electron chi connectivity index (χ1n) is 10.5. The van der Waals surface area contributed by atoms with E-state index in [4.69, 9.17) is 0 Å². The van der Waals surface area contributed by atoms with Crippen molar-refractivity contribution in [1.29, 1.82) is 0 Å². The Morgan fingerprint density at radius 1 is 1.14 bits per heavy atom. The molecule has 0 saturated carbocycles. The van der Waals surface area contributed by atoms with Crippen LogP contribution in [0.1, 0.15) is 40.7 Å². The highest BCUT2D eigenvalue weighted by Gasteiger charge is 2.38. The minimum Gasteiger partial charge on any atom is -0.322 e. The Hall–Kier alpha value is -2.29.